The molecular weight excluding hydrogens is 393 g/mol. The zero-order valence-corrected chi connectivity index (χ0v) is 16.0. The van der Waals surface area contributed by atoms with Gasteiger partial charge in [-0.15, -0.1) is 0 Å². The zero-order valence-electron chi connectivity index (χ0n) is 16.0. The number of hydrogen-bond donors (Lipinski definition) is 0. The van der Waals surface area contributed by atoms with Crippen LogP contribution >= 0.6 is 0 Å². The highest BCUT2D eigenvalue weighted by atomic mass is 19.4. The lowest BCUT2D eigenvalue weighted by Crippen LogP contribution is -2.36. The Balaban J connectivity index is 1.47. The van der Waals surface area contributed by atoms with Crippen molar-refractivity contribution in [3.63, 3.8) is 0 Å². The van der Waals surface area contributed by atoms with E-state index in [1.165, 1.54) is 10.6 Å². The van der Waals surface area contributed by atoms with Crippen molar-refractivity contribution in [1.29, 1.82) is 0 Å². The molecule has 0 N–H and O–H groups in total. The van der Waals surface area contributed by atoms with Crippen LogP contribution in [-0.4, -0.2) is 38.9 Å². The van der Waals surface area contributed by atoms with Gasteiger partial charge in [0.25, 0.3) is 0 Å². The van der Waals surface area contributed by atoms with Crippen LogP contribution in [0, 0.1) is 5.92 Å². The van der Waals surface area contributed by atoms with Crippen LogP contribution in [0.4, 0.5) is 19.0 Å². The van der Waals surface area contributed by atoms with E-state index in [1.807, 2.05) is 12.3 Å². The van der Waals surface area contributed by atoms with Crippen molar-refractivity contribution in [3.05, 3.63) is 54.1 Å². The normalized spacial score (nSPS) is 19.5. The van der Waals surface area contributed by atoms with E-state index in [1.54, 1.807) is 18.5 Å². The fraction of sp³-hybridized carbons (Fsp3) is 0.333. The number of fused-ring (bicyclic) bond motifs is 1. The Bertz CT molecular complexity index is 1150. The minimum atomic E-state index is -4.51. The molecule has 9 heteroatoms. The first kappa shape index (κ1) is 18.8. The van der Waals surface area contributed by atoms with Crippen LogP contribution in [-0.2, 0) is 6.18 Å². The largest absolute Gasteiger partial charge is 0.435 e. The van der Waals surface area contributed by atoms with Crippen LogP contribution in [0.25, 0.3) is 16.9 Å². The van der Waals surface area contributed by atoms with Crippen molar-refractivity contribution in [3.8, 4) is 11.3 Å². The fourth-order valence-corrected chi connectivity index (χ4v) is 4.05. The summed E-state index contributed by atoms with van der Waals surface area (Å²) in [6.45, 7) is 1.71. The van der Waals surface area contributed by atoms with Gasteiger partial charge in [-0.25, -0.2) is 14.5 Å². The fourth-order valence-electron chi connectivity index (χ4n) is 4.05. The van der Waals surface area contributed by atoms with Crippen molar-refractivity contribution in [1.82, 2.24) is 19.6 Å². The lowest BCUT2D eigenvalue weighted by molar-refractivity contribution is -0.141. The molecule has 30 heavy (non-hydrogen) atoms. The summed E-state index contributed by atoms with van der Waals surface area (Å²) in [5.74, 6) is 1.16. The molecule has 1 saturated heterocycles. The molecule has 1 unspecified atom stereocenters. The maximum absolute atomic E-state index is 13.1. The molecule has 0 bridgehead atoms. The maximum atomic E-state index is 13.1. The summed E-state index contributed by atoms with van der Waals surface area (Å²) in [6, 6.07) is 5.92. The SMILES string of the molecule is FC(F)(F)c1ccc2ncc(-c3ccnc(N4CCCC(C5=CCC=N5)C4)c3)n2n1. The number of alkyl halides is 3. The third-order valence-electron chi connectivity index (χ3n) is 5.53. The number of allylic oxidation sites excluding steroid dienone is 1. The molecular formula is C21H19F3N6. The lowest BCUT2D eigenvalue weighted by atomic mass is 9.94. The summed E-state index contributed by atoms with van der Waals surface area (Å²) in [6.07, 6.45) is 5.82. The van der Waals surface area contributed by atoms with E-state index in [-0.39, 0.29) is 0 Å². The van der Waals surface area contributed by atoms with Gasteiger partial charge in [-0.1, -0.05) is 6.08 Å². The van der Waals surface area contributed by atoms with Gasteiger partial charge in [-0.05, 0) is 37.1 Å². The van der Waals surface area contributed by atoms with Gasteiger partial charge in [0, 0.05) is 49.1 Å². The third kappa shape index (κ3) is 3.44. The van der Waals surface area contributed by atoms with Crippen LogP contribution in [0.5, 0.6) is 0 Å². The van der Waals surface area contributed by atoms with Crippen LogP contribution in [0.15, 0.2) is 53.4 Å². The van der Waals surface area contributed by atoms with E-state index in [4.69, 9.17) is 0 Å². The van der Waals surface area contributed by atoms with Crippen LogP contribution in [0.3, 0.4) is 0 Å². The number of pyridine rings is 1. The minimum absolute atomic E-state index is 0.362. The number of aliphatic imine (C=N–C) groups is 1. The summed E-state index contributed by atoms with van der Waals surface area (Å²) in [4.78, 5) is 15.4. The number of halogens is 3. The lowest BCUT2D eigenvalue weighted by Gasteiger charge is -2.33. The van der Waals surface area contributed by atoms with Gasteiger partial charge in [0.05, 0.1) is 11.9 Å². The Kier molecular flexibility index (Phi) is 4.52. The molecule has 0 saturated carbocycles. The molecule has 0 amide bonds. The Morgan fingerprint density at radius 3 is 2.80 bits per heavy atom. The molecule has 6 nitrogen and oxygen atoms in total. The maximum Gasteiger partial charge on any atom is 0.435 e. The molecule has 1 atom stereocenters. The molecule has 5 rings (SSSR count). The molecule has 3 aromatic rings. The van der Waals surface area contributed by atoms with Gasteiger partial charge in [0.2, 0.25) is 0 Å². The highest BCUT2D eigenvalue weighted by molar-refractivity contribution is 5.67. The number of rotatable bonds is 3. The number of imidazole rings is 1. The van der Waals surface area contributed by atoms with Crippen LogP contribution in [0.2, 0.25) is 0 Å². The summed E-state index contributed by atoms with van der Waals surface area (Å²) in [5.41, 5.74) is 1.77. The molecule has 154 valence electrons. The number of piperidine rings is 1. The number of nitrogens with zero attached hydrogens (tertiary/aromatic N) is 6. The summed E-state index contributed by atoms with van der Waals surface area (Å²) < 4.78 is 40.5. The molecule has 0 radical (unpaired) electrons. The molecule has 3 aromatic heterocycles. The van der Waals surface area contributed by atoms with Crippen molar-refractivity contribution in [2.24, 2.45) is 10.9 Å². The Morgan fingerprint density at radius 2 is 2.00 bits per heavy atom. The topological polar surface area (TPSA) is 58.7 Å². The van der Waals surface area contributed by atoms with Gasteiger partial charge in [0.15, 0.2) is 11.3 Å². The molecule has 0 spiro atoms. The monoisotopic (exact) mass is 412 g/mol. The van der Waals surface area contributed by atoms with Crippen molar-refractivity contribution in [2.45, 2.75) is 25.4 Å². The Morgan fingerprint density at radius 1 is 1.10 bits per heavy atom. The van der Waals surface area contributed by atoms with Crippen LogP contribution < -0.4 is 4.90 Å². The molecule has 2 aliphatic rings. The average molecular weight is 412 g/mol. The highest BCUT2D eigenvalue weighted by Gasteiger charge is 2.33. The number of aromatic nitrogens is 4. The summed E-state index contributed by atoms with van der Waals surface area (Å²) in [7, 11) is 0. The molecule has 2 aliphatic heterocycles. The van der Waals surface area contributed by atoms with E-state index < -0.39 is 11.9 Å². The second kappa shape index (κ2) is 7.23. The van der Waals surface area contributed by atoms with E-state index in [0.29, 0.717) is 17.3 Å². The van der Waals surface area contributed by atoms with Gasteiger partial charge in [-0.3, -0.25) is 4.99 Å². The second-order valence-electron chi connectivity index (χ2n) is 7.49. The van der Waals surface area contributed by atoms with Crippen LogP contribution in [0.1, 0.15) is 25.0 Å². The first-order valence-electron chi connectivity index (χ1n) is 9.85. The standard InChI is InChI=1S/C21H19F3N6/c22-21(23,24)18-5-6-19-27-12-17(30(19)28-18)14-7-9-26-20(11-14)29-10-2-3-15(13-29)16-4-1-8-25-16/h4-9,11-12,15H,1-3,10,13H2. The summed E-state index contributed by atoms with van der Waals surface area (Å²) >= 11 is 0. The van der Waals surface area contributed by atoms with Gasteiger partial charge in [0.1, 0.15) is 5.82 Å². The van der Waals surface area contributed by atoms with E-state index in [0.717, 1.165) is 55.5 Å². The highest BCUT2D eigenvalue weighted by Crippen LogP contribution is 2.32. The van der Waals surface area contributed by atoms with Gasteiger partial charge in [-0.2, -0.15) is 18.3 Å². The molecule has 5 heterocycles. The zero-order chi connectivity index (χ0) is 20.7. The molecule has 0 aliphatic carbocycles. The molecule has 1 fully saturated rings. The van der Waals surface area contributed by atoms with E-state index >= 15 is 0 Å². The predicted molar refractivity (Wildman–Crippen MR) is 107 cm³/mol. The van der Waals surface area contributed by atoms with Crippen molar-refractivity contribution >= 4 is 17.7 Å². The van der Waals surface area contributed by atoms with Crippen molar-refractivity contribution in [2.75, 3.05) is 18.0 Å². The second-order valence-corrected chi connectivity index (χ2v) is 7.49. The minimum Gasteiger partial charge on any atom is -0.356 e. The first-order chi connectivity index (χ1) is 14.5. The summed E-state index contributed by atoms with van der Waals surface area (Å²) in [5, 5.41) is 3.76. The van der Waals surface area contributed by atoms with Gasteiger partial charge < -0.3 is 4.90 Å². The quantitative estimate of drug-likeness (QED) is 0.641. The Hall–Kier alpha value is -3.23. The number of hydrogen-bond acceptors (Lipinski definition) is 5. The van der Waals surface area contributed by atoms with Gasteiger partial charge >= 0.3 is 6.18 Å². The van der Waals surface area contributed by atoms with E-state index in [9.17, 15) is 13.2 Å². The number of anilines is 1. The average Bonchev–Trinajstić information content (AvgIpc) is 3.43. The first-order valence-corrected chi connectivity index (χ1v) is 9.85. The molecule has 0 aromatic carbocycles. The van der Waals surface area contributed by atoms with E-state index in [2.05, 4.69) is 31.0 Å². The smallest absolute Gasteiger partial charge is 0.356 e. The predicted octanol–water partition coefficient (Wildman–Crippen LogP) is 4.38. The van der Waals surface area contributed by atoms with Crippen molar-refractivity contribution < 1.29 is 13.2 Å². The third-order valence-corrected chi connectivity index (χ3v) is 5.53. The Labute approximate surface area is 170 Å².